The molecular weight excluding hydrogens is 138 g/mol. The Morgan fingerprint density at radius 2 is 2.11 bits per heavy atom. The first-order chi connectivity index (χ1) is 4.12. The van der Waals surface area contributed by atoms with Gasteiger partial charge in [-0.15, -0.1) is 18.6 Å². The molecule has 0 saturated carbocycles. The lowest BCUT2D eigenvalue weighted by Crippen LogP contribution is -2.23. The predicted molar refractivity (Wildman–Crippen MR) is 21.4 cm³/mol. The van der Waals surface area contributed by atoms with Crippen LogP contribution in [0.25, 0.3) is 0 Å². The van der Waals surface area contributed by atoms with Crippen molar-refractivity contribution in [1.29, 1.82) is 0 Å². The van der Waals surface area contributed by atoms with Crippen LogP contribution in [-0.2, 0) is 14.7 Å². The zero-order valence-corrected chi connectivity index (χ0v) is 4.63. The quantitative estimate of drug-likeness (QED) is 0.363. The summed E-state index contributed by atoms with van der Waals surface area (Å²) in [6.45, 7) is 1.38. The van der Waals surface area contributed by atoms with Gasteiger partial charge in [-0.1, -0.05) is 0 Å². The first kappa shape index (κ1) is 8.70. The molecule has 0 radical (unpaired) electrons. The summed E-state index contributed by atoms with van der Waals surface area (Å²) in [5.74, 6) is 0. The maximum absolute atomic E-state index is 11.5. The van der Waals surface area contributed by atoms with Crippen molar-refractivity contribution in [2.75, 3.05) is 6.61 Å². The second-order valence-electron chi connectivity index (χ2n) is 1.04. The molecule has 0 atom stereocenters. The zero-order chi connectivity index (χ0) is 7.33. The lowest BCUT2D eigenvalue weighted by Gasteiger charge is -2.08. The number of rotatable bonds is 4. The van der Waals surface area contributed by atoms with Gasteiger partial charge in [0.1, 0.15) is 0 Å². The van der Waals surface area contributed by atoms with Gasteiger partial charge in [0.05, 0.1) is 6.61 Å². The minimum atomic E-state index is -4.07. The number of hydrogen-bond donors (Lipinski definition) is 1. The normalized spacial score (nSPS) is 12.0. The molecule has 0 bridgehead atoms. The van der Waals surface area contributed by atoms with Crippen LogP contribution in [0.5, 0.6) is 0 Å². The molecule has 0 aliphatic heterocycles. The molecule has 0 aliphatic carbocycles. The van der Waals surface area contributed by atoms with Gasteiger partial charge >= 0.3 is 6.29 Å². The molecule has 0 spiro atoms. The minimum Gasteiger partial charge on any atom is -0.244 e. The minimum absolute atomic E-state index is 0.0566. The van der Waals surface area contributed by atoms with Crippen molar-refractivity contribution in [3.8, 4) is 0 Å². The van der Waals surface area contributed by atoms with Gasteiger partial charge < -0.3 is 0 Å². The smallest absolute Gasteiger partial charge is 0.244 e. The zero-order valence-electron chi connectivity index (χ0n) is 4.63. The molecule has 0 heterocycles. The highest BCUT2D eigenvalue weighted by Crippen LogP contribution is 2.14. The van der Waals surface area contributed by atoms with Crippen molar-refractivity contribution in [2.45, 2.75) is 13.2 Å². The van der Waals surface area contributed by atoms with Gasteiger partial charge in [0.25, 0.3) is 0 Å². The van der Waals surface area contributed by atoms with Crippen LogP contribution in [0.3, 0.4) is 0 Å². The summed E-state index contributed by atoms with van der Waals surface area (Å²) in [5, 5.41) is 7.37. The van der Waals surface area contributed by atoms with Crippen LogP contribution < -0.4 is 0 Å². The van der Waals surface area contributed by atoms with E-state index in [1.165, 1.54) is 6.92 Å². The molecule has 1 N–H and O–H groups in total. The fourth-order valence-electron chi connectivity index (χ4n) is 0.143. The van der Waals surface area contributed by atoms with Crippen molar-refractivity contribution < 1.29 is 28.7 Å². The topological polar surface area (TPSA) is 47.9 Å². The summed E-state index contributed by atoms with van der Waals surface area (Å²) in [5.41, 5.74) is 0. The summed E-state index contributed by atoms with van der Waals surface area (Å²) >= 11 is 0. The second kappa shape index (κ2) is 3.67. The van der Waals surface area contributed by atoms with Crippen molar-refractivity contribution in [2.24, 2.45) is 0 Å². The average molecular weight is 144 g/mol. The molecule has 0 aliphatic rings. The van der Waals surface area contributed by atoms with E-state index in [2.05, 4.69) is 14.7 Å². The van der Waals surface area contributed by atoms with Gasteiger partial charge in [-0.2, -0.15) is 0 Å². The van der Waals surface area contributed by atoms with Gasteiger partial charge in [0, 0.05) is 0 Å². The molecule has 9 heavy (non-hydrogen) atoms. The van der Waals surface area contributed by atoms with E-state index in [0.29, 0.717) is 0 Å². The third kappa shape index (κ3) is 4.22. The number of alkyl halides is 2. The van der Waals surface area contributed by atoms with E-state index in [0.717, 1.165) is 0 Å². The Bertz CT molecular complexity index is 76.2. The summed E-state index contributed by atoms with van der Waals surface area (Å²) in [6.07, 6.45) is -4.07. The van der Waals surface area contributed by atoms with Gasteiger partial charge in [-0.25, -0.2) is 10.1 Å². The van der Waals surface area contributed by atoms with Gasteiger partial charge in [-0.05, 0) is 6.92 Å². The van der Waals surface area contributed by atoms with E-state index in [1.54, 1.807) is 0 Å². The van der Waals surface area contributed by atoms with Gasteiger partial charge in [-0.3, -0.25) is 0 Å². The highest BCUT2D eigenvalue weighted by atomic mass is 19.3. The van der Waals surface area contributed by atoms with Gasteiger partial charge in [0.15, 0.2) is 0 Å². The van der Waals surface area contributed by atoms with E-state index >= 15 is 0 Å². The lowest BCUT2D eigenvalue weighted by molar-refractivity contribution is -0.582. The molecule has 0 rings (SSSR count). The molecule has 56 valence electrons. The van der Waals surface area contributed by atoms with Crippen LogP contribution in [0.15, 0.2) is 0 Å². The number of hydrogen-bond acceptors (Lipinski definition) is 4. The molecule has 0 aromatic heterocycles. The lowest BCUT2D eigenvalue weighted by atomic mass is 10.9. The van der Waals surface area contributed by atoms with Crippen molar-refractivity contribution in [1.82, 2.24) is 0 Å². The Morgan fingerprint density at radius 3 is 2.44 bits per heavy atom. The highest BCUT2D eigenvalue weighted by molar-refractivity contribution is 4.15. The second-order valence-corrected chi connectivity index (χ2v) is 1.04. The van der Waals surface area contributed by atoms with Crippen molar-refractivity contribution in [3.63, 3.8) is 0 Å². The standard InChI is InChI=1S/C3H6F2O4/c1-2-7-9-3(4,5)8-6/h6H,2H2,1H3. The maximum Gasteiger partial charge on any atom is 0.539 e. The fourth-order valence-corrected chi connectivity index (χ4v) is 0.143. The first-order valence-corrected chi connectivity index (χ1v) is 2.13. The van der Waals surface area contributed by atoms with E-state index < -0.39 is 6.29 Å². The van der Waals surface area contributed by atoms with Crippen molar-refractivity contribution >= 4 is 0 Å². The van der Waals surface area contributed by atoms with E-state index in [-0.39, 0.29) is 6.61 Å². The SMILES string of the molecule is CCOOC(F)(F)OO. The summed E-state index contributed by atoms with van der Waals surface area (Å²) in [6, 6.07) is 0. The molecule has 0 fully saturated rings. The fraction of sp³-hybridized carbons (Fsp3) is 1.00. The van der Waals surface area contributed by atoms with Crippen LogP contribution in [-0.4, -0.2) is 18.2 Å². The van der Waals surface area contributed by atoms with Crippen molar-refractivity contribution in [3.05, 3.63) is 0 Å². The molecule has 4 nitrogen and oxygen atoms in total. The van der Waals surface area contributed by atoms with E-state index in [9.17, 15) is 8.78 Å². The maximum atomic E-state index is 11.5. The van der Waals surface area contributed by atoms with Crippen LogP contribution in [0.2, 0.25) is 0 Å². The summed E-state index contributed by atoms with van der Waals surface area (Å²) < 4.78 is 23.0. The van der Waals surface area contributed by atoms with E-state index in [4.69, 9.17) is 5.26 Å². The third-order valence-electron chi connectivity index (χ3n) is 0.380. The monoisotopic (exact) mass is 144 g/mol. The van der Waals surface area contributed by atoms with Crippen LogP contribution >= 0.6 is 0 Å². The molecule has 0 aromatic rings. The third-order valence-corrected chi connectivity index (χ3v) is 0.380. The number of halogens is 2. The van der Waals surface area contributed by atoms with Crippen LogP contribution in [0.4, 0.5) is 8.78 Å². The summed E-state index contributed by atoms with van der Waals surface area (Å²) in [7, 11) is 0. The average Bonchev–Trinajstić information content (AvgIpc) is 1.84. The van der Waals surface area contributed by atoms with Crippen LogP contribution in [0, 0.1) is 0 Å². The van der Waals surface area contributed by atoms with Crippen LogP contribution in [0.1, 0.15) is 6.92 Å². The Balaban J connectivity index is 3.33. The largest absolute Gasteiger partial charge is 0.539 e. The predicted octanol–water partition coefficient (Wildman–Crippen LogP) is 0.994. The summed E-state index contributed by atoms with van der Waals surface area (Å²) in [4.78, 5) is 9.54. The Labute approximate surface area is 49.8 Å². The molecule has 0 saturated heterocycles. The molecular formula is C3H6F2O4. The van der Waals surface area contributed by atoms with Gasteiger partial charge in [0.2, 0.25) is 0 Å². The van der Waals surface area contributed by atoms with E-state index in [1.807, 2.05) is 0 Å². The molecule has 0 aromatic carbocycles. The Kier molecular flexibility index (Phi) is 3.55. The first-order valence-electron chi connectivity index (χ1n) is 2.13. The Morgan fingerprint density at radius 1 is 1.56 bits per heavy atom. The Hall–Kier alpha value is -0.300. The highest BCUT2D eigenvalue weighted by Gasteiger charge is 2.34. The molecule has 6 heteroatoms. The molecule has 0 amide bonds. The molecule has 0 unspecified atom stereocenters.